The van der Waals surface area contributed by atoms with Crippen molar-refractivity contribution in [3.63, 3.8) is 0 Å². The molecule has 4 nitrogen and oxygen atoms in total. The first-order valence-corrected chi connectivity index (χ1v) is 8.10. The maximum absolute atomic E-state index is 12.2. The predicted molar refractivity (Wildman–Crippen MR) is 73.6 cm³/mol. The molecule has 1 heterocycles. The van der Waals surface area contributed by atoms with E-state index in [1.54, 1.807) is 24.3 Å². The van der Waals surface area contributed by atoms with Crippen LogP contribution in [0.2, 0.25) is 0 Å². The molecule has 0 radical (unpaired) electrons. The van der Waals surface area contributed by atoms with Crippen molar-refractivity contribution in [2.75, 3.05) is 20.1 Å². The first-order chi connectivity index (χ1) is 8.88. The van der Waals surface area contributed by atoms with Crippen LogP contribution < -0.4 is 4.90 Å². The molecule has 1 aliphatic rings. The van der Waals surface area contributed by atoms with Gasteiger partial charge in [-0.05, 0) is 19.1 Å². The first-order valence-electron chi connectivity index (χ1n) is 6.70. The Bertz CT molecular complexity index is 524. The zero-order valence-electron chi connectivity index (χ0n) is 11.7. The molecule has 0 aliphatic carbocycles. The zero-order chi connectivity index (χ0) is 14.0. The number of quaternary nitrogens is 1. The molecule has 1 unspecified atom stereocenters. The standard InChI is InChI=1S/C14H21NO3S/c1-11-4-6-13(7-5-11)19(16,17)18-14-8-9-15(3)10-12(14)2/h4-7,12,14H,8-10H2,1-3H3/p+1/t12-,14+/m0/s1. The van der Waals surface area contributed by atoms with Gasteiger partial charge in [-0.1, -0.05) is 24.6 Å². The van der Waals surface area contributed by atoms with Gasteiger partial charge in [-0.2, -0.15) is 8.42 Å². The van der Waals surface area contributed by atoms with Gasteiger partial charge < -0.3 is 4.90 Å². The van der Waals surface area contributed by atoms with Gasteiger partial charge in [0.2, 0.25) is 0 Å². The number of benzene rings is 1. The second-order valence-electron chi connectivity index (χ2n) is 5.58. The fraction of sp³-hybridized carbons (Fsp3) is 0.571. The van der Waals surface area contributed by atoms with Crippen LogP contribution in [0.3, 0.4) is 0 Å². The van der Waals surface area contributed by atoms with E-state index in [4.69, 9.17) is 4.18 Å². The lowest BCUT2D eigenvalue weighted by Crippen LogP contribution is -3.11. The van der Waals surface area contributed by atoms with Crippen molar-refractivity contribution in [3.05, 3.63) is 29.8 Å². The van der Waals surface area contributed by atoms with Gasteiger partial charge >= 0.3 is 0 Å². The third kappa shape index (κ3) is 3.55. The van der Waals surface area contributed by atoms with Gasteiger partial charge in [0.1, 0.15) is 0 Å². The largest absolute Gasteiger partial charge is 0.337 e. The summed E-state index contributed by atoms with van der Waals surface area (Å²) in [6.07, 6.45) is 0.591. The summed E-state index contributed by atoms with van der Waals surface area (Å²) in [6, 6.07) is 6.79. The van der Waals surface area contributed by atoms with Crippen LogP contribution in [-0.4, -0.2) is 34.7 Å². The Hall–Kier alpha value is -0.910. The fourth-order valence-corrected chi connectivity index (χ4v) is 3.71. The lowest BCUT2D eigenvalue weighted by Gasteiger charge is -2.31. The zero-order valence-corrected chi connectivity index (χ0v) is 12.5. The Kier molecular flexibility index (Phi) is 4.28. The van der Waals surface area contributed by atoms with Crippen LogP contribution in [0.5, 0.6) is 0 Å². The summed E-state index contributed by atoms with van der Waals surface area (Å²) in [5, 5.41) is 0. The van der Waals surface area contributed by atoms with Crippen molar-refractivity contribution in [2.24, 2.45) is 5.92 Å². The molecule has 19 heavy (non-hydrogen) atoms. The van der Waals surface area contributed by atoms with Crippen molar-refractivity contribution in [2.45, 2.75) is 31.3 Å². The van der Waals surface area contributed by atoms with Crippen LogP contribution in [0.15, 0.2) is 29.2 Å². The second kappa shape index (κ2) is 5.61. The predicted octanol–water partition coefficient (Wildman–Crippen LogP) is 0.623. The maximum atomic E-state index is 12.2. The molecule has 0 saturated carbocycles. The minimum atomic E-state index is -3.64. The van der Waals surface area contributed by atoms with E-state index < -0.39 is 10.1 Å². The SMILES string of the molecule is Cc1ccc(S(=O)(=O)O[C@@H]2CC[NH+](C)C[C@@H]2C)cc1. The van der Waals surface area contributed by atoms with E-state index >= 15 is 0 Å². The third-order valence-corrected chi connectivity index (χ3v) is 5.07. The van der Waals surface area contributed by atoms with Crippen LogP contribution in [0.25, 0.3) is 0 Å². The number of hydrogen-bond acceptors (Lipinski definition) is 3. The molecule has 0 spiro atoms. The topological polar surface area (TPSA) is 47.8 Å². The molecule has 1 fully saturated rings. The quantitative estimate of drug-likeness (QED) is 0.828. The van der Waals surface area contributed by atoms with Gasteiger partial charge in [0, 0.05) is 12.3 Å². The van der Waals surface area contributed by atoms with E-state index in [9.17, 15) is 8.42 Å². The summed E-state index contributed by atoms with van der Waals surface area (Å²) in [7, 11) is -1.51. The summed E-state index contributed by atoms with van der Waals surface area (Å²) in [6.45, 7) is 5.89. The van der Waals surface area contributed by atoms with Crippen molar-refractivity contribution >= 4 is 10.1 Å². The number of rotatable bonds is 3. The number of likely N-dealkylation sites (tertiary alicyclic amines) is 1. The normalized spacial score (nSPS) is 28.3. The molecule has 1 saturated heterocycles. The second-order valence-corrected chi connectivity index (χ2v) is 7.15. The van der Waals surface area contributed by atoms with E-state index in [2.05, 4.69) is 14.0 Å². The van der Waals surface area contributed by atoms with Crippen molar-refractivity contribution in [1.82, 2.24) is 0 Å². The van der Waals surface area contributed by atoms with Crippen LogP contribution in [0, 0.1) is 12.8 Å². The van der Waals surface area contributed by atoms with Crippen LogP contribution in [0.1, 0.15) is 18.9 Å². The molecule has 0 bridgehead atoms. The monoisotopic (exact) mass is 284 g/mol. The van der Waals surface area contributed by atoms with E-state index in [1.807, 2.05) is 6.92 Å². The first kappa shape index (κ1) is 14.5. The molecule has 3 atom stereocenters. The highest BCUT2D eigenvalue weighted by atomic mass is 32.2. The minimum absolute atomic E-state index is 0.199. The summed E-state index contributed by atoms with van der Waals surface area (Å²) >= 11 is 0. The third-order valence-electron chi connectivity index (χ3n) is 3.72. The Morgan fingerprint density at radius 2 is 1.89 bits per heavy atom. The number of piperidine rings is 1. The molecule has 0 aromatic heterocycles. The Morgan fingerprint density at radius 3 is 2.47 bits per heavy atom. The number of nitrogens with one attached hydrogen (secondary N) is 1. The van der Waals surface area contributed by atoms with E-state index in [0.29, 0.717) is 0 Å². The Morgan fingerprint density at radius 1 is 1.26 bits per heavy atom. The van der Waals surface area contributed by atoms with Gasteiger partial charge in [0.25, 0.3) is 10.1 Å². The van der Waals surface area contributed by atoms with Gasteiger partial charge in [-0.15, -0.1) is 0 Å². The Labute approximate surface area is 115 Å². The summed E-state index contributed by atoms with van der Waals surface area (Å²) in [4.78, 5) is 1.68. The summed E-state index contributed by atoms with van der Waals surface area (Å²) in [5.74, 6) is 0.258. The van der Waals surface area contributed by atoms with Gasteiger partial charge in [0.15, 0.2) is 0 Å². The van der Waals surface area contributed by atoms with Crippen LogP contribution in [-0.2, 0) is 14.3 Å². The Balaban J connectivity index is 2.11. The van der Waals surface area contributed by atoms with Crippen molar-refractivity contribution < 1.29 is 17.5 Å². The van der Waals surface area contributed by atoms with E-state index in [1.165, 1.54) is 4.90 Å². The van der Waals surface area contributed by atoms with Crippen molar-refractivity contribution in [1.29, 1.82) is 0 Å². The molecule has 5 heteroatoms. The molecule has 106 valence electrons. The molecule has 1 aromatic rings. The highest BCUT2D eigenvalue weighted by Crippen LogP contribution is 2.20. The summed E-state index contributed by atoms with van der Waals surface area (Å²) in [5.41, 5.74) is 1.04. The fourth-order valence-electron chi connectivity index (χ4n) is 2.52. The average Bonchev–Trinajstić information content (AvgIpc) is 2.33. The lowest BCUT2D eigenvalue weighted by atomic mass is 9.97. The molecular weight excluding hydrogens is 262 g/mol. The van der Waals surface area contributed by atoms with Crippen LogP contribution >= 0.6 is 0 Å². The lowest BCUT2D eigenvalue weighted by molar-refractivity contribution is -0.889. The van der Waals surface area contributed by atoms with E-state index in [-0.39, 0.29) is 16.9 Å². The molecule has 1 N–H and O–H groups in total. The smallest absolute Gasteiger partial charge is 0.297 e. The van der Waals surface area contributed by atoms with Crippen LogP contribution in [0.4, 0.5) is 0 Å². The number of aryl methyl sites for hydroxylation is 1. The average molecular weight is 284 g/mol. The molecule has 0 amide bonds. The molecule has 1 aromatic carbocycles. The van der Waals surface area contributed by atoms with E-state index in [0.717, 1.165) is 25.1 Å². The van der Waals surface area contributed by atoms with Gasteiger partial charge in [-0.25, -0.2) is 0 Å². The van der Waals surface area contributed by atoms with Gasteiger partial charge in [-0.3, -0.25) is 4.18 Å². The highest BCUT2D eigenvalue weighted by Gasteiger charge is 2.32. The number of hydrogen-bond donors (Lipinski definition) is 1. The highest BCUT2D eigenvalue weighted by molar-refractivity contribution is 7.86. The molecule has 2 rings (SSSR count). The maximum Gasteiger partial charge on any atom is 0.297 e. The molecule has 1 aliphatic heterocycles. The molecular formula is C14H22NO3S+. The van der Waals surface area contributed by atoms with Gasteiger partial charge in [0.05, 0.1) is 31.1 Å². The van der Waals surface area contributed by atoms with Crippen molar-refractivity contribution in [3.8, 4) is 0 Å². The minimum Gasteiger partial charge on any atom is -0.337 e. The summed E-state index contributed by atoms with van der Waals surface area (Å²) < 4.78 is 29.8.